The molecule has 0 aliphatic carbocycles. The Morgan fingerprint density at radius 2 is 1.88 bits per heavy atom. The highest BCUT2D eigenvalue weighted by Crippen LogP contribution is 2.27. The first-order valence-electron chi connectivity index (χ1n) is 7.64. The van der Waals surface area contributed by atoms with Crippen molar-refractivity contribution in [3.05, 3.63) is 48.0 Å². The number of rotatable bonds is 7. The van der Waals surface area contributed by atoms with Crippen LogP contribution in [-0.2, 0) is 4.79 Å². The predicted octanol–water partition coefficient (Wildman–Crippen LogP) is 2.36. The normalized spacial score (nSPS) is 11.8. The van der Waals surface area contributed by atoms with Crippen LogP contribution in [-0.4, -0.2) is 37.5 Å². The summed E-state index contributed by atoms with van der Waals surface area (Å²) in [4.78, 5) is 12.1. The van der Waals surface area contributed by atoms with Crippen molar-refractivity contribution >= 4 is 17.8 Å². The topological polar surface area (TPSA) is 92.2 Å². The number of amides is 1. The fourth-order valence-electron chi connectivity index (χ4n) is 2.07. The van der Waals surface area contributed by atoms with Gasteiger partial charge in [-0.05, 0) is 43.3 Å². The van der Waals surface area contributed by atoms with Crippen LogP contribution in [0.4, 0.5) is 5.69 Å². The van der Waals surface area contributed by atoms with Gasteiger partial charge in [0.2, 0.25) is 0 Å². The number of nitrogens with zero attached hydrogens (tertiary/aromatic N) is 1. The number of carbonyl (C=O) groups excluding carboxylic acids is 1. The molecule has 0 fully saturated rings. The largest absolute Gasteiger partial charge is 0.504 e. The van der Waals surface area contributed by atoms with E-state index in [1.807, 2.05) is 12.1 Å². The summed E-state index contributed by atoms with van der Waals surface area (Å²) in [7, 11) is 3.06. The van der Waals surface area contributed by atoms with E-state index in [2.05, 4.69) is 15.8 Å². The van der Waals surface area contributed by atoms with Gasteiger partial charge in [0.15, 0.2) is 11.5 Å². The Morgan fingerprint density at radius 3 is 2.52 bits per heavy atom. The number of benzene rings is 2. The SMILES string of the molecule is COc1ccc(NC(C)C(=O)NN=Cc2cccc(OC)c2O)cc1. The summed E-state index contributed by atoms with van der Waals surface area (Å²) < 4.78 is 10.1. The smallest absolute Gasteiger partial charge is 0.262 e. The van der Waals surface area contributed by atoms with E-state index >= 15 is 0 Å². The molecule has 0 spiro atoms. The first kappa shape index (κ1) is 18.1. The van der Waals surface area contributed by atoms with Gasteiger partial charge in [-0.25, -0.2) is 5.43 Å². The summed E-state index contributed by atoms with van der Waals surface area (Å²) in [6.45, 7) is 1.72. The van der Waals surface area contributed by atoms with Crippen LogP contribution >= 0.6 is 0 Å². The minimum atomic E-state index is -0.496. The lowest BCUT2D eigenvalue weighted by molar-refractivity contribution is -0.121. The predicted molar refractivity (Wildman–Crippen MR) is 96.5 cm³/mol. The molecule has 0 aliphatic rings. The Labute approximate surface area is 146 Å². The molecule has 2 aromatic rings. The van der Waals surface area contributed by atoms with Crippen molar-refractivity contribution in [2.75, 3.05) is 19.5 Å². The molecule has 7 heteroatoms. The molecule has 0 aromatic heterocycles. The second-order valence-corrected chi connectivity index (χ2v) is 5.23. The number of hydrazone groups is 1. The summed E-state index contributed by atoms with van der Waals surface area (Å²) in [6, 6.07) is 11.8. The number of hydrogen-bond donors (Lipinski definition) is 3. The van der Waals surface area contributed by atoms with Gasteiger partial charge in [-0.2, -0.15) is 5.10 Å². The molecule has 2 aromatic carbocycles. The van der Waals surface area contributed by atoms with Crippen LogP contribution in [0.2, 0.25) is 0 Å². The Kier molecular flexibility index (Phi) is 6.22. The molecule has 132 valence electrons. The number of phenolic OH excluding ortho intramolecular Hbond substituents is 1. The zero-order valence-electron chi connectivity index (χ0n) is 14.3. The highest BCUT2D eigenvalue weighted by atomic mass is 16.5. The van der Waals surface area contributed by atoms with E-state index in [1.54, 1.807) is 44.4 Å². The van der Waals surface area contributed by atoms with Crippen LogP contribution in [0.15, 0.2) is 47.6 Å². The molecular weight excluding hydrogens is 322 g/mol. The molecule has 0 aliphatic heterocycles. The monoisotopic (exact) mass is 343 g/mol. The molecule has 0 saturated heterocycles. The van der Waals surface area contributed by atoms with Crippen molar-refractivity contribution in [1.82, 2.24) is 5.43 Å². The Hall–Kier alpha value is -3.22. The first-order chi connectivity index (χ1) is 12.0. The number of methoxy groups -OCH3 is 2. The molecule has 0 heterocycles. The van der Waals surface area contributed by atoms with Gasteiger partial charge in [0.1, 0.15) is 11.8 Å². The van der Waals surface area contributed by atoms with Gasteiger partial charge in [0, 0.05) is 11.3 Å². The van der Waals surface area contributed by atoms with Gasteiger partial charge in [-0.15, -0.1) is 0 Å². The fourth-order valence-corrected chi connectivity index (χ4v) is 2.07. The standard InChI is InChI=1S/C18H21N3O4/c1-12(20-14-7-9-15(24-2)10-8-14)18(23)21-19-11-13-5-4-6-16(25-3)17(13)22/h4-12,20,22H,1-3H3,(H,21,23). The zero-order valence-corrected chi connectivity index (χ0v) is 14.3. The minimum absolute atomic E-state index is 0.0348. The Bertz CT molecular complexity index is 744. The third-order valence-electron chi connectivity index (χ3n) is 3.49. The number of nitrogens with one attached hydrogen (secondary N) is 2. The molecule has 0 saturated carbocycles. The number of carbonyl (C=O) groups is 1. The van der Waals surface area contributed by atoms with Crippen molar-refractivity contribution in [2.24, 2.45) is 5.10 Å². The lowest BCUT2D eigenvalue weighted by atomic mass is 10.2. The van der Waals surface area contributed by atoms with E-state index in [0.717, 1.165) is 11.4 Å². The van der Waals surface area contributed by atoms with Crippen LogP contribution in [0.1, 0.15) is 12.5 Å². The summed E-state index contributed by atoms with van der Waals surface area (Å²) in [5.41, 5.74) is 3.66. The highest BCUT2D eigenvalue weighted by molar-refractivity contribution is 5.88. The molecule has 1 atom stereocenters. The van der Waals surface area contributed by atoms with Gasteiger partial charge in [-0.3, -0.25) is 4.79 Å². The van der Waals surface area contributed by atoms with Crippen molar-refractivity contribution in [2.45, 2.75) is 13.0 Å². The Balaban J connectivity index is 1.92. The lowest BCUT2D eigenvalue weighted by Gasteiger charge is -2.13. The molecule has 1 unspecified atom stereocenters. The van der Waals surface area contributed by atoms with Crippen molar-refractivity contribution < 1.29 is 19.4 Å². The van der Waals surface area contributed by atoms with Crippen LogP contribution < -0.4 is 20.2 Å². The van der Waals surface area contributed by atoms with E-state index in [4.69, 9.17) is 9.47 Å². The third kappa shape index (κ3) is 4.87. The lowest BCUT2D eigenvalue weighted by Crippen LogP contribution is -2.34. The number of aromatic hydroxyl groups is 1. The number of anilines is 1. The maximum atomic E-state index is 12.1. The van der Waals surface area contributed by atoms with Gasteiger partial charge in [-0.1, -0.05) is 6.07 Å². The number of hydrogen-bond acceptors (Lipinski definition) is 6. The fraction of sp³-hybridized carbons (Fsp3) is 0.222. The summed E-state index contributed by atoms with van der Waals surface area (Å²) in [5.74, 6) is 0.733. The summed E-state index contributed by atoms with van der Waals surface area (Å²) in [6.07, 6.45) is 1.36. The maximum Gasteiger partial charge on any atom is 0.262 e. The maximum absolute atomic E-state index is 12.1. The van der Waals surface area contributed by atoms with Crippen molar-refractivity contribution in [3.8, 4) is 17.2 Å². The van der Waals surface area contributed by atoms with E-state index in [9.17, 15) is 9.90 Å². The van der Waals surface area contributed by atoms with Crippen LogP contribution in [0.5, 0.6) is 17.2 Å². The number of phenols is 1. The third-order valence-corrected chi connectivity index (χ3v) is 3.49. The highest BCUT2D eigenvalue weighted by Gasteiger charge is 2.12. The van der Waals surface area contributed by atoms with Crippen LogP contribution in [0.3, 0.4) is 0 Å². The van der Waals surface area contributed by atoms with Crippen molar-refractivity contribution in [1.29, 1.82) is 0 Å². The van der Waals surface area contributed by atoms with Gasteiger partial charge in [0.25, 0.3) is 5.91 Å². The van der Waals surface area contributed by atoms with E-state index < -0.39 is 6.04 Å². The Morgan fingerprint density at radius 1 is 1.16 bits per heavy atom. The van der Waals surface area contributed by atoms with E-state index in [-0.39, 0.29) is 11.7 Å². The molecule has 25 heavy (non-hydrogen) atoms. The second kappa shape index (κ2) is 8.58. The number of ether oxygens (including phenoxy) is 2. The molecule has 0 radical (unpaired) electrons. The van der Waals surface area contributed by atoms with Gasteiger partial charge >= 0.3 is 0 Å². The zero-order chi connectivity index (χ0) is 18.2. The second-order valence-electron chi connectivity index (χ2n) is 5.23. The molecule has 2 rings (SSSR count). The number of para-hydroxylation sites is 1. The molecule has 3 N–H and O–H groups in total. The molecule has 1 amide bonds. The molecular formula is C18H21N3O4. The quantitative estimate of drug-likeness (QED) is 0.530. The average Bonchev–Trinajstić information content (AvgIpc) is 2.63. The van der Waals surface area contributed by atoms with E-state index in [0.29, 0.717) is 11.3 Å². The van der Waals surface area contributed by atoms with Crippen molar-refractivity contribution in [3.63, 3.8) is 0 Å². The first-order valence-corrected chi connectivity index (χ1v) is 7.64. The van der Waals surface area contributed by atoms with Crippen LogP contribution in [0, 0.1) is 0 Å². The van der Waals surface area contributed by atoms with E-state index in [1.165, 1.54) is 13.3 Å². The minimum Gasteiger partial charge on any atom is -0.504 e. The molecule has 7 nitrogen and oxygen atoms in total. The summed E-state index contributed by atoms with van der Waals surface area (Å²) in [5, 5.41) is 16.9. The van der Waals surface area contributed by atoms with Gasteiger partial charge in [0.05, 0.1) is 20.4 Å². The molecule has 0 bridgehead atoms. The average molecular weight is 343 g/mol. The summed E-state index contributed by atoms with van der Waals surface area (Å²) >= 11 is 0. The van der Waals surface area contributed by atoms with Gasteiger partial charge < -0.3 is 19.9 Å². The van der Waals surface area contributed by atoms with Crippen LogP contribution in [0.25, 0.3) is 0 Å².